The number of ether oxygens (including phenoxy) is 1. The van der Waals surface area contributed by atoms with Crippen LogP contribution in [0.25, 0.3) is 0 Å². The van der Waals surface area contributed by atoms with Gasteiger partial charge in [0.25, 0.3) is 0 Å². The molecule has 0 aromatic heterocycles. The maximum Gasteiger partial charge on any atom is 0.343 e. The van der Waals surface area contributed by atoms with E-state index in [2.05, 4.69) is 46.8 Å². The Morgan fingerprint density at radius 1 is 1.07 bits per heavy atom. The van der Waals surface area contributed by atoms with Gasteiger partial charge in [-0.2, -0.15) is 0 Å². The molecule has 2 nitrogen and oxygen atoms in total. The fourth-order valence-electron chi connectivity index (χ4n) is 6.22. The fourth-order valence-corrected chi connectivity index (χ4v) is 6.22. The van der Waals surface area contributed by atoms with Crippen LogP contribution in [0.1, 0.15) is 98.8 Å². The average molecular weight is 405 g/mol. The summed E-state index contributed by atoms with van der Waals surface area (Å²) in [5.41, 5.74) is 6.30. The van der Waals surface area contributed by atoms with Gasteiger partial charge in [-0.05, 0) is 90.2 Å². The highest BCUT2D eigenvalue weighted by atomic mass is 16.5. The van der Waals surface area contributed by atoms with Crippen molar-refractivity contribution in [1.29, 1.82) is 0 Å². The van der Waals surface area contributed by atoms with Gasteiger partial charge < -0.3 is 4.74 Å². The smallest absolute Gasteiger partial charge is 0.343 e. The molecule has 0 bridgehead atoms. The van der Waals surface area contributed by atoms with Crippen molar-refractivity contribution in [3.63, 3.8) is 0 Å². The summed E-state index contributed by atoms with van der Waals surface area (Å²) < 4.78 is 6.04. The Labute approximate surface area is 182 Å². The van der Waals surface area contributed by atoms with Crippen molar-refractivity contribution in [3.05, 3.63) is 64.2 Å². The molecule has 0 unspecified atom stereocenters. The maximum absolute atomic E-state index is 12.9. The maximum atomic E-state index is 12.9. The van der Waals surface area contributed by atoms with Gasteiger partial charge in [-0.3, -0.25) is 0 Å². The zero-order valence-corrected chi connectivity index (χ0v) is 19.5. The van der Waals surface area contributed by atoms with Gasteiger partial charge in [0.15, 0.2) is 0 Å². The molecule has 0 heterocycles. The minimum Gasteiger partial charge on any atom is -0.423 e. The fraction of sp³-hybridized carbons (Fsp3) is 0.536. The number of hydrogen-bond acceptors (Lipinski definition) is 2. The molecule has 0 N–H and O–H groups in total. The quantitative estimate of drug-likeness (QED) is 0.394. The van der Waals surface area contributed by atoms with E-state index in [1.165, 1.54) is 36.8 Å². The van der Waals surface area contributed by atoms with Gasteiger partial charge >= 0.3 is 5.97 Å². The zero-order valence-electron chi connectivity index (χ0n) is 19.5. The van der Waals surface area contributed by atoms with Gasteiger partial charge in [-0.15, -0.1) is 0 Å². The van der Waals surface area contributed by atoms with E-state index in [1.54, 1.807) is 0 Å². The summed E-state index contributed by atoms with van der Waals surface area (Å²) in [6.45, 7) is 13.7. The van der Waals surface area contributed by atoms with Crippen LogP contribution in [0.2, 0.25) is 0 Å². The van der Waals surface area contributed by atoms with Crippen molar-refractivity contribution in [2.45, 2.75) is 85.0 Å². The van der Waals surface area contributed by atoms with Gasteiger partial charge in [-0.25, -0.2) is 4.79 Å². The molecule has 0 spiro atoms. The Morgan fingerprint density at radius 2 is 1.77 bits per heavy atom. The van der Waals surface area contributed by atoms with Gasteiger partial charge in [0, 0.05) is 0 Å². The molecule has 30 heavy (non-hydrogen) atoms. The van der Waals surface area contributed by atoms with Crippen LogP contribution in [0.15, 0.2) is 36.4 Å². The molecule has 2 aromatic rings. The summed E-state index contributed by atoms with van der Waals surface area (Å²) in [4.78, 5) is 12.9. The molecule has 160 valence electrons. The Morgan fingerprint density at radius 3 is 2.43 bits per heavy atom. The Kier molecular flexibility index (Phi) is 5.33. The van der Waals surface area contributed by atoms with Crippen molar-refractivity contribution < 1.29 is 9.53 Å². The summed E-state index contributed by atoms with van der Waals surface area (Å²) in [5.74, 6) is 1.47. The van der Waals surface area contributed by atoms with Gasteiger partial charge in [0.2, 0.25) is 0 Å². The largest absolute Gasteiger partial charge is 0.423 e. The highest BCUT2D eigenvalue weighted by molar-refractivity contribution is 5.91. The number of rotatable bonds is 3. The minimum absolute atomic E-state index is 0.163. The van der Waals surface area contributed by atoms with Crippen molar-refractivity contribution >= 4 is 5.97 Å². The molecule has 2 aliphatic carbocycles. The minimum atomic E-state index is -0.265. The third-order valence-corrected chi connectivity index (χ3v) is 7.89. The molecule has 0 saturated heterocycles. The Bertz CT molecular complexity index is 951. The van der Waals surface area contributed by atoms with E-state index in [9.17, 15) is 4.79 Å². The lowest BCUT2D eigenvalue weighted by Crippen LogP contribution is -2.47. The highest BCUT2D eigenvalue weighted by Gasteiger charge is 2.50. The van der Waals surface area contributed by atoms with E-state index in [1.807, 2.05) is 31.2 Å². The van der Waals surface area contributed by atoms with Crippen molar-refractivity contribution in [2.24, 2.45) is 11.3 Å². The van der Waals surface area contributed by atoms with Gasteiger partial charge in [-0.1, -0.05) is 64.8 Å². The van der Waals surface area contributed by atoms with E-state index in [0.29, 0.717) is 22.8 Å². The first-order valence-electron chi connectivity index (χ1n) is 11.6. The number of carbonyl (C=O) groups is 1. The number of hydrogen-bond donors (Lipinski definition) is 0. The van der Waals surface area contributed by atoms with E-state index in [0.717, 1.165) is 23.3 Å². The first kappa shape index (κ1) is 21.2. The normalized spacial score (nSPS) is 24.8. The van der Waals surface area contributed by atoms with Crippen LogP contribution in [-0.2, 0) is 11.8 Å². The SMILES string of the molecule is Cc1ccc(C(=O)Oc2cc3c(cc2C(C)C)CC[C@H]2C(C)(C)CCC[C@]32C)cc1. The first-order valence-corrected chi connectivity index (χ1v) is 11.6. The Balaban J connectivity index is 1.76. The van der Waals surface area contributed by atoms with Crippen LogP contribution in [0.4, 0.5) is 0 Å². The standard InChI is InChI=1S/C28H36O2/c1-18(2)22-16-21-12-13-25-27(4,5)14-7-15-28(25,6)23(21)17-24(22)30-26(29)20-10-8-19(3)9-11-20/h8-11,16-18,25H,7,12-15H2,1-6H3/t25-,28+/m0/s1. The second-order valence-corrected chi connectivity index (χ2v) is 10.8. The Hall–Kier alpha value is -2.09. The highest BCUT2D eigenvalue weighted by Crippen LogP contribution is 2.57. The van der Waals surface area contributed by atoms with Crippen LogP contribution in [-0.4, -0.2) is 5.97 Å². The first-order chi connectivity index (χ1) is 14.1. The van der Waals surface area contributed by atoms with Crippen LogP contribution in [0.5, 0.6) is 5.75 Å². The number of benzene rings is 2. The molecule has 2 heteroatoms. The molecule has 0 amide bonds. The summed E-state index contributed by atoms with van der Waals surface area (Å²) in [5, 5.41) is 0. The van der Waals surface area contributed by atoms with Crippen molar-refractivity contribution in [1.82, 2.24) is 0 Å². The lowest BCUT2D eigenvalue weighted by atomic mass is 9.50. The molecular formula is C28H36O2. The molecule has 1 saturated carbocycles. The number of fused-ring (bicyclic) bond motifs is 3. The number of aryl methyl sites for hydroxylation is 2. The van der Waals surface area contributed by atoms with Crippen LogP contribution in [0.3, 0.4) is 0 Å². The molecule has 2 aromatic carbocycles. The molecule has 4 rings (SSSR count). The van der Waals surface area contributed by atoms with E-state index >= 15 is 0 Å². The summed E-state index contributed by atoms with van der Waals surface area (Å²) in [6.07, 6.45) is 6.19. The monoisotopic (exact) mass is 404 g/mol. The van der Waals surface area contributed by atoms with Crippen LogP contribution in [0, 0.1) is 18.3 Å². The van der Waals surface area contributed by atoms with E-state index < -0.39 is 0 Å². The second-order valence-electron chi connectivity index (χ2n) is 10.8. The van der Waals surface area contributed by atoms with Crippen LogP contribution >= 0.6 is 0 Å². The molecular weight excluding hydrogens is 368 g/mol. The number of carbonyl (C=O) groups excluding carboxylic acids is 1. The topological polar surface area (TPSA) is 26.3 Å². The third-order valence-electron chi connectivity index (χ3n) is 7.89. The van der Waals surface area contributed by atoms with Crippen LogP contribution < -0.4 is 4.74 Å². The lowest BCUT2D eigenvalue weighted by molar-refractivity contribution is 0.0404. The van der Waals surface area contributed by atoms with Crippen molar-refractivity contribution in [2.75, 3.05) is 0 Å². The van der Waals surface area contributed by atoms with Gasteiger partial charge in [0.05, 0.1) is 5.56 Å². The molecule has 2 atom stereocenters. The van der Waals surface area contributed by atoms with E-state index in [-0.39, 0.29) is 11.4 Å². The number of esters is 1. The van der Waals surface area contributed by atoms with Crippen molar-refractivity contribution in [3.8, 4) is 5.75 Å². The summed E-state index contributed by atoms with van der Waals surface area (Å²) in [7, 11) is 0. The molecule has 0 aliphatic heterocycles. The molecule has 1 fully saturated rings. The average Bonchev–Trinajstić information content (AvgIpc) is 2.67. The zero-order chi connectivity index (χ0) is 21.7. The predicted molar refractivity (Wildman–Crippen MR) is 123 cm³/mol. The third kappa shape index (κ3) is 3.59. The predicted octanol–water partition coefficient (Wildman–Crippen LogP) is 7.37. The van der Waals surface area contributed by atoms with E-state index in [4.69, 9.17) is 4.74 Å². The summed E-state index contributed by atoms with van der Waals surface area (Å²) >= 11 is 0. The molecule has 2 aliphatic rings. The summed E-state index contributed by atoms with van der Waals surface area (Å²) in [6, 6.07) is 12.2. The van der Waals surface area contributed by atoms with Gasteiger partial charge in [0.1, 0.15) is 5.75 Å². The lowest BCUT2D eigenvalue weighted by Gasteiger charge is -2.54. The molecule has 0 radical (unpaired) electrons. The second kappa shape index (κ2) is 7.55.